The highest BCUT2D eigenvalue weighted by molar-refractivity contribution is 7.98. The van der Waals surface area contributed by atoms with E-state index in [2.05, 4.69) is 31.3 Å². The van der Waals surface area contributed by atoms with Gasteiger partial charge in [0, 0.05) is 45.0 Å². The van der Waals surface area contributed by atoms with Crippen molar-refractivity contribution in [1.82, 2.24) is 31.5 Å². The number of rotatable bonds is 48. The molecule has 1 rings (SSSR count). The lowest BCUT2D eigenvalue weighted by atomic mass is 9.97. The predicted molar refractivity (Wildman–Crippen MR) is 283 cm³/mol. The van der Waals surface area contributed by atoms with E-state index < -0.39 is 102 Å². The van der Waals surface area contributed by atoms with Gasteiger partial charge in [-0.05, 0) is 38.1 Å². The molecular weight excluding hydrogens is 1080 g/mol. The largest absolute Gasteiger partial charge is 0.481 e. The fourth-order valence-corrected chi connectivity index (χ4v) is 7.69. The zero-order chi connectivity index (χ0) is 59.7. The summed E-state index contributed by atoms with van der Waals surface area (Å²) in [6, 6.07) is 3.20. The minimum Gasteiger partial charge on any atom is -0.481 e. The number of likely N-dealkylation sites (N-methyl/N-ethyl adjacent to an activating group) is 3. The Hall–Kier alpha value is -6.67. The Balaban J connectivity index is 2.32. The van der Waals surface area contributed by atoms with Crippen molar-refractivity contribution >= 4 is 83.3 Å². The zero-order valence-electron chi connectivity index (χ0n) is 45.6. The number of amides is 6. The average molecular weight is 1160 g/mol. The number of carbonyl (C=O) groups excluding carboxylic acids is 7. The lowest BCUT2D eigenvalue weighted by Gasteiger charge is -2.24. The maximum Gasteiger partial charge on any atom is 0.404 e. The summed E-state index contributed by atoms with van der Waals surface area (Å²) in [4.78, 5) is 135. The number of carbonyl (C=O) groups is 11. The Bertz CT molecular complexity index is 2140. The number of carboxylic acids is 4. The zero-order valence-corrected chi connectivity index (χ0v) is 46.4. The molecule has 0 aliphatic heterocycles. The van der Waals surface area contributed by atoms with E-state index in [9.17, 15) is 68.1 Å². The van der Waals surface area contributed by atoms with Crippen molar-refractivity contribution in [2.24, 2.45) is 0 Å². The van der Waals surface area contributed by atoms with Crippen LogP contribution in [0.15, 0.2) is 30.3 Å². The van der Waals surface area contributed by atoms with Gasteiger partial charge in [-0.25, -0.2) is 19.2 Å². The highest BCUT2D eigenvalue weighted by Crippen LogP contribution is 2.12. The Labute approximate surface area is 467 Å². The van der Waals surface area contributed by atoms with Crippen LogP contribution in [0.25, 0.3) is 0 Å². The number of aliphatic carboxylic acids is 4. The first-order valence-corrected chi connectivity index (χ1v) is 26.9. The van der Waals surface area contributed by atoms with Gasteiger partial charge in [0.25, 0.3) is 12.2 Å². The molecule has 0 heterocycles. The highest BCUT2D eigenvalue weighted by atomic mass is 32.2. The predicted octanol–water partition coefficient (Wildman–Crippen LogP) is -1.49. The summed E-state index contributed by atoms with van der Waals surface area (Å²) in [5.41, 5.74) is 0.317. The number of nitrogens with zero attached hydrogens (tertiary/aromatic N) is 2. The minimum absolute atomic E-state index is 0.0121. The van der Waals surface area contributed by atoms with Crippen LogP contribution in [-0.2, 0) is 87.5 Å². The number of Topliss-reactive ketones (excluding diaryl/α,β-unsaturated/α-hetero) is 1. The summed E-state index contributed by atoms with van der Waals surface area (Å²) >= 11 is 1.17. The third kappa shape index (κ3) is 32.4. The second-order valence-corrected chi connectivity index (χ2v) is 18.2. The Kier molecular flexibility index (Phi) is 38.5. The van der Waals surface area contributed by atoms with Gasteiger partial charge in [0.2, 0.25) is 11.8 Å². The number of ether oxygens (including phenoxy) is 7. The van der Waals surface area contributed by atoms with Crippen molar-refractivity contribution in [3.05, 3.63) is 35.9 Å². The normalized spacial score (nSPS) is 13.2. The first-order valence-electron chi connectivity index (χ1n) is 25.5. The molecule has 0 fully saturated rings. The molecule has 0 aromatic heterocycles. The molecule has 0 aliphatic rings. The quantitative estimate of drug-likeness (QED) is 0.0118. The van der Waals surface area contributed by atoms with E-state index in [1.807, 2.05) is 0 Å². The number of thioether (sulfide) groups is 1. The van der Waals surface area contributed by atoms with E-state index in [-0.39, 0.29) is 116 Å². The van der Waals surface area contributed by atoms with Crippen LogP contribution >= 0.6 is 11.8 Å². The monoisotopic (exact) mass is 1160 g/mol. The van der Waals surface area contributed by atoms with Gasteiger partial charge in [0.1, 0.15) is 31.6 Å². The van der Waals surface area contributed by atoms with Crippen LogP contribution in [0.1, 0.15) is 56.9 Å². The van der Waals surface area contributed by atoms with Crippen LogP contribution in [0, 0.1) is 0 Å². The Morgan fingerprint density at radius 2 is 1.19 bits per heavy atom. The number of ketones is 1. The SMILES string of the molecule is CN[C@@H](CCC(=O)[C@H](Cc1ccccc1)NC(=O)CCOCCOCCOCCOCCOCCOCCNC(=O)CC[C@H](NC(=O)N[C@@H](CCC(=O)O)OC=O)C(=O)O)C(=O)[N+](C)=C(CC(=O)O)C(=O)N(C)[C@@H](CSC)C(=O)O. The average Bonchev–Trinajstić information content (AvgIpc) is 3.41. The first kappa shape index (κ1) is 71.3. The van der Waals surface area contributed by atoms with E-state index >= 15 is 0 Å². The molecule has 0 spiro atoms. The summed E-state index contributed by atoms with van der Waals surface area (Å²) in [5.74, 6) is -8.30. The van der Waals surface area contributed by atoms with Crippen LogP contribution in [0.4, 0.5) is 4.79 Å². The van der Waals surface area contributed by atoms with Gasteiger partial charge < -0.3 is 85.1 Å². The van der Waals surface area contributed by atoms with Gasteiger partial charge in [0.05, 0.1) is 91.7 Å². The fourth-order valence-electron chi connectivity index (χ4n) is 7.01. The maximum absolute atomic E-state index is 13.7. The third-order valence-electron chi connectivity index (χ3n) is 11.3. The molecule has 1 aromatic rings. The molecule has 29 nitrogen and oxygen atoms in total. The summed E-state index contributed by atoms with van der Waals surface area (Å²) < 4.78 is 38.3. The summed E-state index contributed by atoms with van der Waals surface area (Å²) in [6.45, 7) is 3.06. The standard InChI is InChI=1S/C50H77N7O22S/c1-51-35(46(66)56(2)38(31-45(64)65)47(67)57(3)39(32-80-4)49(70)71)10-12-40(59)37(30-34-8-6-5-7-9-34)53-42(61)16-18-73-20-22-75-24-26-77-28-29-78-27-25-76-23-21-74-19-17-52-41(60)13-11-36(48(68)69)54-50(72)55-43(79-33-58)14-15-44(62)63/h5-9,33,35-37,39,43,51H,10-32H2,1-4H3,(H7-,52,53,54,55,60,61,62,63,64,65,68,69,70,71,72)/p+1/t35-,36-,37-,39-,43+/m0/s1. The van der Waals surface area contributed by atoms with Crippen LogP contribution in [0.2, 0.25) is 0 Å². The highest BCUT2D eigenvalue weighted by Gasteiger charge is 2.38. The smallest absolute Gasteiger partial charge is 0.404 e. The third-order valence-corrected chi connectivity index (χ3v) is 12.0. The number of hydrogen-bond donors (Lipinski definition) is 9. The topological polar surface area (TPSA) is 400 Å². The molecule has 0 aliphatic carbocycles. The van der Waals surface area contributed by atoms with E-state index in [1.165, 1.54) is 32.9 Å². The van der Waals surface area contributed by atoms with Crippen molar-refractivity contribution in [2.45, 2.75) is 88.2 Å². The van der Waals surface area contributed by atoms with Gasteiger partial charge in [-0.15, -0.1) is 0 Å². The van der Waals surface area contributed by atoms with Gasteiger partial charge in [-0.2, -0.15) is 16.3 Å². The lowest BCUT2D eigenvalue weighted by molar-refractivity contribution is -0.421. The summed E-state index contributed by atoms with van der Waals surface area (Å²) in [6.07, 6.45) is -1.84. The number of urea groups is 1. The molecule has 450 valence electrons. The van der Waals surface area contributed by atoms with Crippen molar-refractivity contribution in [3.63, 3.8) is 0 Å². The second-order valence-electron chi connectivity index (χ2n) is 17.3. The first-order chi connectivity index (χ1) is 38.2. The Morgan fingerprint density at radius 3 is 1.69 bits per heavy atom. The van der Waals surface area contributed by atoms with Gasteiger partial charge in [-0.3, -0.25) is 33.6 Å². The molecule has 5 atom stereocenters. The maximum atomic E-state index is 13.7. The number of nitrogens with one attached hydrogen (secondary N) is 5. The number of benzene rings is 1. The molecule has 6 amide bonds. The van der Waals surface area contributed by atoms with E-state index in [0.29, 0.717) is 33.0 Å². The van der Waals surface area contributed by atoms with Crippen molar-refractivity contribution in [2.75, 3.05) is 119 Å². The molecule has 80 heavy (non-hydrogen) atoms. The van der Waals surface area contributed by atoms with E-state index in [1.54, 1.807) is 36.6 Å². The van der Waals surface area contributed by atoms with E-state index in [0.717, 1.165) is 15.0 Å². The van der Waals surface area contributed by atoms with Crippen LogP contribution in [0.3, 0.4) is 0 Å². The number of carboxylic acid groups (broad SMARTS) is 4. The molecule has 0 bridgehead atoms. The summed E-state index contributed by atoms with van der Waals surface area (Å²) in [7, 11) is 3.88. The molecule has 1 aromatic carbocycles. The van der Waals surface area contributed by atoms with Crippen LogP contribution < -0.4 is 26.6 Å². The molecule has 0 saturated carbocycles. The molecule has 0 unspecified atom stereocenters. The molecule has 0 radical (unpaired) electrons. The van der Waals surface area contributed by atoms with Crippen molar-refractivity contribution < 1.29 is 111 Å². The van der Waals surface area contributed by atoms with Gasteiger partial charge in [-0.1, -0.05) is 30.3 Å². The molecule has 9 N–H and O–H groups in total. The summed E-state index contributed by atoms with van der Waals surface area (Å²) in [5, 5.41) is 49.8. The van der Waals surface area contributed by atoms with Crippen LogP contribution in [0.5, 0.6) is 0 Å². The van der Waals surface area contributed by atoms with Crippen molar-refractivity contribution in [1.29, 1.82) is 0 Å². The second kappa shape index (κ2) is 43.2. The lowest BCUT2D eigenvalue weighted by Crippen LogP contribution is -2.51. The van der Waals surface area contributed by atoms with Crippen molar-refractivity contribution in [3.8, 4) is 0 Å². The fraction of sp³-hybridized carbons (Fsp3) is 0.640. The minimum atomic E-state index is -1.46. The van der Waals surface area contributed by atoms with E-state index in [4.69, 9.17) is 33.5 Å². The molecular formula is C50H78N7O22S+. The van der Waals surface area contributed by atoms with Gasteiger partial charge in [0.15, 0.2) is 12.0 Å². The Morgan fingerprint density at radius 1 is 0.637 bits per heavy atom. The number of hydrogen-bond acceptors (Lipinski definition) is 20. The van der Waals surface area contributed by atoms with Gasteiger partial charge >= 0.3 is 41.7 Å². The molecule has 0 saturated heterocycles. The molecule has 30 heteroatoms. The van der Waals surface area contributed by atoms with Crippen LogP contribution in [-0.4, -0.2) is 251 Å².